The maximum absolute atomic E-state index is 5.71. The van der Waals surface area contributed by atoms with Crippen molar-refractivity contribution >= 4 is 21.7 Å². The van der Waals surface area contributed by atoms with Crippen LogP contribution in [-0.2, 0) is 6.42 Å². The van der Waals surface area contributed by atoms with Crippen molar-refractivity contribution in [3.05, 3.63) is 72.4 Å². The molecule has 22 heavy (non-hydrogen) atoms. The first kappa shape index (κ1) is 13.1. The monoisotopic (exact) mass is 286 g/mol. The molecule has 0 aliphatic carbocycles. The summed E-state index contributed by atoms with van der Waals surface area (Å²) in [5.74, 6) is 0. The second kappa shape index (κ2) is 5.32. The Balaban J connectivity index is 1.86. The van der Waals surface area contributed by atoms with Crippen molar-refractivity contribution in [1.82, 2.24) is 4.98 Å². The lowest BCUT2D eigenvalue weighted by Gasteiger charge is -2.05. The van der Waals surface area contributed by atoms with E-state index in [1.165, 1.54) is 38.4 Å². The fourth-order valence-electron chi connectivity index (χ4n) is 3.09. The molecular formula is C20H18N2. The summed E-state index contributed by atoms with van der Waals surface area (Å²) in [6.07, 6.45) is 2.98. The Morgan fingerprint density at radius 1 is 0.818 bits per heavy atom. The molecular weight excluding hydrogens is 268 g/mol. The van der Waals surface area contributed by atoms with Crippen molar-refractivity contribution in [2.24, 2.45) is 5.73 Å². The number of rotatable bonds is 3. The van der Waals surface area contributed by atoms with E-state index in [1.54, 1.807) is 0 Å². The van der Waals surface area contributed by atoms with Crippen LogP contribution < -0.4 is 5.73 Å². The summed E-state index contributed by atoms with van der Waals surface area (Å²) in [5.41, 5.74) is 10.7. The van der Waals surface area contributed by atoms with Crippen LogP contribution in [0.5, 0.6) is 0 Å². The van der Waals surface area contributed by atoms with Gasteiger partial charge < -0.3 is 10.7 Å². The Bertz CT molecular complexity index is 950. The molecule has 0 unspecified atom stereocenters. The molecule has 3 aromatic carbocycles. The lowest BCUT2D eigenvalue weighted by Crippen LogP contribution is -2.01. The Morgan fingerprint density at radius 2 is 1.59 bits per heavy atom. The number of aromatic amines is 1. The third-order valence-corrected chi connectivity index (χ3v) is 4.26. The number of H-pyrrole nitrogens is 1. The van der Waals surface area contributed by atoms with Gasteiger partial charge in [-0.25, -0.2) is 0 Å². The highest BCUT2D eigenvalue weighted by atomic mass is 14.7. The summed E-state index contributed by atoms with van der Waals surface area (Å²) in [6, 6.07) is 21.7. The van der Waals surface area contributed by atoms with Gasteiger partial charge in [-0.3, -0.25) is 0 Å². The number of hydrogen-bond acceptors (Lipinski definition) is 1. The average Bonchev–Trinajstić information content (AvgIpc) is 2.97. The lowest BCUT2D eigenvalue weighted by atomic mass is 9.99. The molecule has 0 radical (unpaired) electrons. The molecule has 0 spiro atoms. The highest BCUT2D eigenvalue weighted by Crippen LogP contribution is 2.28. The zero-order valence-corrected chi connectivity index (χ0v) is 12.3. The number of benzene rings is 3. The first-order valence-electron chi connectivity index (χ1n) is 7.64. The Labute approximate surface area is 129 Å². The van der Waals surface area contributed by atoms with Crippen molar-refractivity contribution in [2.45, 2.75) is 6.42 Å². The summed E-state index contributed by atoms with van der Waals surface area (Å²) in [5, 5.41) is 3.82. The van der Waals surface area contributed by atoms with Gasteiger partial charge in [0.2, 0.25) is 0 Å². The van der Waals surface area contributed by atoms with Gasteiger partial charge >= 0.3 is 0 Å². The fourth-order valence-corrected chi connectivity index (χ4v) is 3.09. The first-order chi connectivity index (χ1) is 10.8. The molecule has 0 fully saturated rings. The van der Waals surface area contributed by atoms with Crippen molar-refractivity contribution in [3.8, 4) is 11.1 Å². The number of hydrogen-bond donors (Lipinski definition) is 2. The van der Waals surface area contributed by atoms with E-state index in [-0.39, 0.29) is 0 Å². The second-order valence-corrected chi connectivity index (χ2v) is 5.67. The SMILES string of the molecule is NCCc1c[nH]c2ccc(-c3ccc4ccccc4c3)cc12. The number of aromatic nitrogens is 1. The maximum Gasteiger partial charge on any atom is 0.0457 e. The smallest absolute Gasteiger partial charge is 0.0457 e. The third-order valence-electron chi connectivity index (χ3n) is 4.26. The molecule has 0 atom stereocenters. The summed E-state index contributed by atoms with van der Waals surface area (Å²) in [6.45, 7) is 0.674. The molecule has 1 heterocycles. The van der Waals surface area contributed by atoms with E-state index in [0.29, 0.717) is 6.54 Å². The molecule has 108 valence electrons. The zero-order chi connectivity index (χ0) is 14.9. The molecule has 4 aromatic rings. The van der Waals surface area contributed by atoms with E-state index in [4.69, 9.17) is 5.73 Å². The maximum atomic E-state index is 5.71. The third kappa shape index (κ3) is 2.18. The Kier molecular flexibility index (Phi) is 3.17. The standard InChI is InChI=1S/C20H18N2/c21-10-9-18-13-22-20-8-7-17(12-19(18)20)16-6-5-14-3-1-2-4-15(14)11-16/h1-8,11-13,22H,9-10,21H2. The number of nitrogens with two attached hydrogens (primary N) is 1. The van der Waals surface area contributed by atoms with E-state index in [2.05, 4.69) is 71.8 Å². The van der Waals surface area contributed by atoms with Gasteiger partial charge in [-0.1, -0.05) is 42.5 Å². The number of nitrogens with one attached hydrogen (secondary N) is 1. The highest BCUT2D eigenvalue weighted by molar-refractivity contribution is 5.91. The van der Waals surface area contributed by atoms with Gasteiger partial charge in [0, 0.05) is 17.1 Å². The average molecular weight is 286 g/mol. The van der Waals surface area contributed by atoms with E-state index in [9.17, 15) is 0 Å². The van der Waals surface area contributed by atoms with Crippen LogP contribution in [0, 0.1) is 0 Å². The van der Waals surface area contributed by atoms with Crippen molar-refractivity contribution in [3.63, 3.8) is 0 Å². The molecule has 0 bridgehead atoms. The predicted molar refractivity (Wildman–Crippen MR) is 94.0 cm³/mol. The molecule has 2 nitrogen and oxygen atoms in total. The van der Waals surface area contributed by atoms with E-state index in [1.807, 2.05) is 0 Å². The lowest BCUT2D eigenvalue weighted by molar-refractivity contribution is 0.976. The Morgan fingerprint density at radius 3 is 2.45 bits per heavy atom. The van der Waals surface area contributed by atoms with Crippen LogP contribution in [0.2, 0.25) is 0 Å². The van der Waals surface area contributed by atoms with Gasteiger partial charge in [-0.15, -0.1) is 0 Å². The summed E-state index contributed by atoms with van der Waals surface area (Å²) in [7, 11) is 0. The first-order valence-corrected chi connectivity index (χ1v) is 7.64. The normalized spacial score (nSPS) is 11.3. The van der Waals surface area contributed by atoms with Crippen molar-refractivity contribution in [2.75, 3.05) is 6.54 Å². The topological polar surface area (TPSA) is 41.8 Å². The van der Waals surface area contributed by atoms with Gasteiger partial charge in [0.05, 0.1) is 0 Å². The highest BCUT2D eigenvalue weighted by Gasteiger charge is 2.06. The van der Waals surface area contributed by atoms with Crippen molar-refractivity contribution in [1.29, 1.82) is 0 Å². The number of fused-ring (bicyclic) bond motifs is 2. The van der Waals surface area contributed by atoms with Crippen LogP contribution >= 0.6 is 0 Å². The minimum Gasteiger partial charge on any atom is -0.361 e. The van der Waals surface area contributed by atoms with E-state index in [0.717, 1.165) is 6.42 Å². The summed E-state index contributed by atoms with van der Waals surface area (Å²) >= 11 is 0. The largest absolute Gasteiger partial charge is 0.361 e. The van der Waals surface area contributed by atoms with E-state index >= 15 is 0 Å². The van der Waals surface area contributed by atoms with Gasteiger partial charge in [0.15, 0.2) is 0 Å². The van der Waals surface area contributed by atoms with Crippen LogP contribution in [0.25, 0.3) is 32.8 Å². The second-order valence-electron chi connectivity index (χ2n) is 5.67. The van der Waals surface area contributed by atoms with Crippen LogP contribution in [-0.4, -0.2) is 11.5 Å². The van der Waals surface area contributed by atoms with Gasteiger partial charge in [-0.2, -0.15) is 0 Å². The summed E-state index contributed by atoms with van der Waals surface area (Å²) in [4.78, 5) is 3.33. The van der Waals surface area contributed by atoms with Crippen LogP contribution in [0.15, 0.2) is 66.9 Å². The van der Waals surface area contributed by atoms with Gasteiger partial charge in [-0.05, 0) is 58.6 Å². The van der Waals surface area contributed by atoms with Crippen LogP contribution in [0.1, 0.15) is 5.56 Å². The minimum absolute atomic E-state index is 0.674. The molecule has 4 rings (SSSR count). The molecule has 0 aliphatic rings. The molecule has 0 saturated heterocycles. The van der Waals surface area contributed by atoms with Gasteiger partial charge in [0.1, 0.15) is 0 Å². The molecule has 2 heteroatoms. The molecule has 0 aliphatic heterocycles. The molecule has 3 N–H and O–H groups in total. The summed E-state index contributed by atoms with van der Waals surface area (Å²) < 4.78 is 0. The minimum atomic E-state index is 0.674. The molecule has 1 aromatic heterocycles. The molecule has 0 amide bonds. The molecule has 0 saturated carbocycles. The van der Waals surface area contributed by atoms with Gasteiger partial charge in [0.25, 0.3) is 0 Å². The predicted octanol–water partition coefficient (Wildman–Crippen LogP) is 4.49. The Hall–Kier alpha value is -2.58. The fraction of sp³-hybridized carbons (Fsp3) is 0.100. The zero-order valence-electron chi connectivity index (χ0n) is 12.3. The van der Waals surface area contributed by atoms with Crippen LogP contribution in [0.3, 0.4) is 0 Å². The van der Waals surface area contributed by atoms with E-state index < -0.39 is 0 Å². The van der Waals surface area contributed by atoms with Crippen LogP contribution in [0.4, 0.5) is 0 Å². The van der Waals surface area contributed by atoms with Crippen molar-refractivity contribution < 1.29 is 0 Å². The quantitative estimate of drug-likeness (QED) is 0.572.